The maximum absolute atomic E-state index is 12.6. The number of hydrogen-bond acceptors (Lipinski definition) is 3. The summed E-state index contributed by atoms with van der Waals surface area (Å²) in [4.78, 5) is 14.2. The van der Waals surface area contributed by atoms with Gasteiger partial charge in [0.05, 0.1) is 11.5 Å². The van der Waals surface area contributed by atoms with Crippen LogP contribution in [0.2, 0.25) is 18.1 Å². The first-order valence-electron chi connectivity index (χ1n) is 13.3. The van der Waals surface area contributed by atoms with Crippen molar-refractivity contribution in [3.63, 3.8) is 0 Å². The molecule has 0 aliphatic heterocycles. The molecule has 3 aliphatic rings. The lowest BCUT2D eigenvalue weighted by atomic mass is 9.62. The minimum Gasteiger partial charge on any atom is -0.414 e. The van der Waals surface area contributed by atoms with Crippen molar-refractivity contribution in [3.05, 3.63) is 12.2 Å². The van der Waals surface area contributed by atoms with Gasteiger partial charge in [-0.3, -0.25) is 4.79 Å². The monoisotopic (exact) mass is 463 g/mol. The molecule has 3 saturated carbocycles. The third kappa shape index (κ3) is 4.63. The molecule has 4 nitrogen and oxygen atoms in total. The molecule has 32 heavy (non-hydrogen) atoms. The van der Waals surface area contributed by atoms with Gasteiger partial charge in [-0.15, -0.1) is 0 Å². The zero-order chi connectivity index (χ0) is 23.7. The van der Waals surface area contributed by atoms with Crippen LogP contribution >= 0.6 is 0 Å². The number of amides is 1. The molecule has 1 amide bonds. The Kier molecular flexibility index (Phi) is 8.04. The molecule has 0 aromatic rings. The lowest BCUT2D eigenvalue weighted by molar-refractivity contribution is -0.137. The Morgan fingerprint density at radius 3 is 2.25 bits per heavy atom. The first kappa shape index (κ1) is 26.0. The number of fused-ring (bicyclic) bond motifs is 1. The van der Waals surface area contributed by atoms with Crippen LogP contribution < -0.4 is 0 Å². The molecule has 0 bridgehead atoms. The van der Waals surface area contributed by atoms with E-state index < -0.39 is 19.8 Å². The van der Waals surface area contributed by atoms with Crippen LogP contribution in [-0.4, -0.2) is 50.5 Å². The molecule has 0 aromatic carbocycles. The van der Waals surface area contributed by atoms with Gasteiger partial charge in [0.1, 0.15) is 0 Å². The van der Waals surface area contributed by atoms with E-state index in [4.69, 9.17) is 4.43 Å². The normalized spacial score (nSPS) is 33.7. The van der Waals surface area contributed by atoms with E-state index in [-0.39, 0.29) is 5.91 Å². The Balaban J connectivity index is 1.69. The van der Waals surface area contributed by atoms with Crippen LogP contribution in [0.5, 0.6) is 0 Å². The average Bonchev–Trinajstić information content (AvgIpc) is 3.51. The summed E-state index contributed by atoms with van der Waals surface area (Å²) in [5.41, 5.74) is -0.246. The Morgan fingerprint density at radius 1 is 1.09 bits per heavy atom. The first-order chi connectivity index (χ1) is 15.1. The summed E-state index contributed by atoms with van der Waals surface area (Å²) in [6.07, 6.45) is 11.9. The van der Waals surface area contributed by atoms with Crippen LogP contribution in [-0.2, 0) is 9.22 Å². The summed E-state index contributed by atoms with van der Waals surface area (Å²) in [7, 11) is 1.98. The fraction of sp³-hybridized carbons (Fsp3) is 0.889. The minimum absolute atomic E-state index is 0.0675. The summed E-state index contributed by atoms with van der Waals surface area (Å²) in [5, 5.41) is 10.8. The molecule has 0 heterocycles. The second-order valence-corrected chi connectivity index (χ2v) is 16.4. The topological polar surface area (TPSA) is 49.8 Å². The van der Waals surface area contributed by atoms with Crippen molar-refractivity contribution < 1.29 is 14.3 Å². The van der Waals surface area contributed by atoms with Crippen molar-refractivity contribution in [1.29, 1.82) is 0 Å². The average molecular weight is 464 g/mol. The zero-order valence-corrected chi connectivity index (χ0v) is 22.8. The molecule has 0 aromatic heterocycles. The highest BCUT2D eigenvalue weighted by atomic mass is 28.4. The van der Waals surface area contributed by atoms with Crippen LogP contribution in [0.3, 0.4) is 0 Å². The quantitative estimate of drug-likeness (QED) is 0.318. The molecule has 0 radical (unpaired) electrons. The van der Waals surface area contributed by atoms with Crippen molar-refractivity contribution in [1.82, 2.24) is 4.90 Å². The van der Waals surface area contributed by atoms with E-state index in [1.165, 1.54) is 50.2 Å². The van der Waals surface area contributed by atoms with E-state index >= 15 is 0 Å². The van der Waals surface area contributed by atoms with Crippen LogP contribution in [0.4, 0.5) is 0 Å². The van der Waals surface area contributed by atoms with Gasteiger partial charge < -0.3 is 14.4 Å². The van der Waals surface area contributed by atoms with Crippen LogP contribution in [0.1, 0.15) is 79.6 Å². The van der Waals surface area contributed by atoms with E-state index in [1.54, 1.807) is 19.0 Å². The third-order valence-corrected chi connectivity index (χ3v) is 14.6. The van der Waals surface area contributed by atoms with Gasteiger partial charge in [-0.25, -0.2) is 0 Å². The van der Waals surface area contributed by atoms with E-state index in [0.717, 1.165) is 12.8 Å². The van der Waals surface area contributed by atoms with Crippen LogP contribution in [0.25, 0.3) is 0 Å². The van der Waals surface area contributed by atoms with Crippen LogP contribution in [0.15, 0.2) is 12.2 Å². The molecular weight excluding hydrogens is 414 g/mol. The largest absolute Gasteiger partial charge is 0.414 e. The predicted molar refractivity (Wildman–Crippen MR) is 135 cm³/mol. The summed E-state index contributed by atoms with van der Waals surface area (Å²) in [6.45, 7) is 11.9. The minimum atomic E-state index is -1.59. The maximum Gasteiger partial charge on any atom is 0.231 e. The van der Waals surface area contributed by atoms with Crippen molar-refractivity contribution >= 4 is 14.2 Å². The molecular formula is C27H49NO3Si. The lowest BCUT2D eigenvalue weighted by Gasteiger charge is -2.48. The Hall–Kier alpha value is -0.653. The number of carbonyl (C=O) groups excluding carboxylic acids is 1. The molecule has 3 aliphatic carbocycles. The third-order valence-electron chi connectivity index (χ3n) is 9.89. The van der Waals surface area contributed by atoms with Gasteiger partial charge in [-0.2, -0.15) is 0 Å². The second-order valence-electron chi connectivity index (χ2n) is 11.6. The van der Waals surface area contributed by atoms with Gasteiger partial charge in [0.2, 0.25) is 5.91 Å². The number of aliphatic hydroxyl groups is 1. The molecule has 3 unspecified atom stereocenters. The van der Waals surface area contributed by atoms with E-state index in [1.807, 2.05) is 6.08 Å². The van der Waals surface area contributed by atoms with Gasteiger partial charge in [-0.1, -0.05) is 53.2 Å². The van der Waals surface area contributed by atoms with Gasteiger partial charge in [-0.05, 0) is 79.8 Å². The summed E-state index contributed by atoms with van der Waals surface area (Å²) in [5.74, 6) is 1.78. The second kappa shape index (κ2) is 9.91. The maximum atomic E-state index is 12.6. The number of allylic oxidation sites excluding steroid dienone is 1. The highest BCUT2D eigenvalue weighted by molar-refractivity contribution is 6.73. The molecule has 6 atom stereocenters. The SMILES string of the molecule is CC[Si](CC)(CC)O[C@H]1CCC[C@]2(C)C([C@H](C)/C=C/C(O)C3(C(=O)N(C)C)CC3)CCC12. The van der Waals surface area contributed by atoms with Crippen LogP contribution in [0, 0.1) is 28.6 Å². The highest BCUT2D eigenvalue weighted by Crippen LogP contribution is 2.59. The number of nitrogens with zero attached hydrogens (tertiary/aromatic N) is 1. The molecule has 184 valence electrons. The lowest BCUT2D eigenvalue weighted by Crippen LogP contribution is -2.48. The highest BCUT2D eigenvalue weighted by Gasteiger charge is 2.56. The van der Waals surface area contributed by atoms with Gasteiger partial charge >= 0.3 is 0 Å². The number of hydrogen-bond donors (Lipinski definition) is 1. The molecule has 3 rings (SSSR count). The van der Waals surface area contributed by atoms with Gasteiger partial charge in [0.25, 0.3) is 0 Å². The fourth-order valence-corrected chi connectivity index (χ4v) is 10.2. The number of rotatable bonds is 10. The molecule has 3 fully saturated rings. The predicted octanol–water partition coefficient (Wildman–Crippen LogP) is 6.01. The van der Waals surface area contributed by atoms with Gasteiger partial charge in [0.15, 0.2) is 8.32 Å². The molecule has 5 heteroatoms. The summed E-state index contributed by atoms with van der Waals surface area (Å²) >= 11 is 0. The summed E-state index contributed by atoms with van der Waals surface area (Å²) < 4.78 is 7.07. The smallest absolute Gasteiger partial charge is 0.231 e. The Labute approximate surface area is 198 Å². The van der Waals surface area contributed by atoms with Crippen molar-refractivity contribution in [2.45, 2.75) is 110 Å². The first-order valence-corrected chi connectivity index (χ1v) is 15.9. The zero-order valence-electron chi connectivity index (χ0n) is 21.8. The van der Waals surface area contributed by atoms with Crippen molar-refractivity contribution in [2.75, 3.05) is 14.1 Å². The van der Waals surface area contributed by atoms with E-state index in [2.05, 4.69) is 40.7 Å². The van der Waals surface area contributed by atoms with Crippen molar-refractivity contribution in [2.24, 2.45) is 28.6 Å². The Bertz CT molecular complexity index is 676. The molecule has 0 saturated heterocycles. The van der Waals surface area contributed by atoms with Gasteiger partial charge in [0, 0.05) is 20.2 Å². The fourth-order valence-electron chi connectivity index (χ4n) is 7.30. The Morgan fingerprint density at radius 2 is 1.72 bits per heavy atom. The standard InChI is InChI=1S/C27H49NO3Si/c1-8-32(9-2,10-3)31-23-12-11-17-26(5)21(14-15-22(23)26)20(4)13-16-24(29)27(18-19-27)25(30)28(6)7/h13,16,20-24,29H,8-12,14-15,17-19H2,1-7H3/b16-13+/t20-,21?,22?,23+,24?,26-/m1/s1. The van der Waals surface area contributed by atoms with Crippen molar-refractivity contribution in [3.8, 4) is 0 Å². The van der Waals surface area contributed by atoms with E-state index in [0.29, 0.717) is 29.3 Å². The number of carbonyl (C=O) groups is 1. The molecule has 0 spiro atoms. The van der Waals surface area contributed by atoms with E-state index in [9.17, 15) is 9.90 Å². The molecule has 1 N–H and O–H groups in total. The number of aliphatic hydroxyl groups excluding tert-OH is 1. The summed E-state index contributed by atoms with van der Waals surface area (Å²) in [6, 6.07) is 3.69.